The van der Waals surface area contributed by atoms with Gasteiger partial charge in [-0.15, -0.1) is 0 Å². The molecule has 3 aromatic rings. The standard InChI is InChI=1S/C20H22N4O/c1-20(2)22-18(12-14-13-21-17-11-7-6-10-16(14)17)19(25)24(20)23-15-8-4-3-5-9-15/h3-11,13,18,21-23H,12H2,1-2H3/t18-/m0/s1. The first kappa shape index (κ1) is 15.7. The van der Waals surface area contributed by atoms with Gasteiger partial charge in [-0.2, -0.15) is 0 Å². The molecule has 0 saturated carbocycles. The molecular formula is C20H22N4O. The van der Waals surface area contributed by atoms with Crippen LogP contribution in [0.5, 0.6) is 0 Å². The van der Waals surface area contributed by atoms with Crippen molar-refractivity contribution in [1.82, 2.24) is 15.3 Å². The lowest BCUT2D eigenvalue weighted by molar-refractivity contribution is -0.130. The van der Waals surface area contributed by atoms with Crippen LogP contribution in [-0.4, -0.2) is 27.6 Å². The average molecular weight is 334 g/mol. The van der Waals surface area contributed by atoms with Crippen LogP contribution < -0.4 is 10.7 Å². The molecule has 1 saturated heterocycles. The molecule has 0 aliphatic carbocycles. The summed E-state index contributed by atoms with van der Waals surface area (Å²) in [6.07, 6.45) is 2.65. The van der Waals surface area contributed by atoms with Crippen LogP contribution in [0.4, 0.5) is 5.69 Å². The van der Waals surface area contributed by atoms with Crippen molar-refractivity contribution in [2.45, 2.75) is 32.0 Å². The summed E-state index contributed by atoms with van der Waals surface area (Å²) in [6, 6.07) is 17.7. The number of carbonyl (C=O) groups excluding carboxylic acids is 1. The van der Waals surface area contributed by atoms with E-state index in [0.717, 1.165) is 16.8 Å². The molecular weight excluding hydrogens is 312 g/mol. The van der Waals surface area contributed by atoms with Crippen molar-refractivity contribution in [2.24, 2.45) is 0 Å². The minimum absolute atomic E-state index is 0.0548. The number of nitrogens with one attached hydrogen (secondary N) is 3. The molecule has 0 bridgehead atoms. The number of rotatable bonds is 4. The van der Waals surface area contributed by atoms with E-state index in [1.807, 2.05) is 62.5 Å². The Morgan fingerprint density at radius 1 is 1.08 bits per heavy atom. The highest BCUT2D eigenvalue weighted by molar-refractivity contribution is 5.88. The van der Waals surface area contributed by atoms with Crippen LogP contribution in [-0.2, 0) is 11.2 Å². The molecule has 2 aromatic carbocycles. The third-order valence-electron chi connectivity index (χ3n) is 4.72. The lowest BCUT2D eigenvalue weighted by atomic mass is 10.1. The summed E-state index contributed by atoms with van der Waals surface area (Å²) < 4.78 is 0. The molecule has 0 spiro atoms. The quantitative estimate of drug-likeness (QED) is 0.686. The van der Waals surface area contributed by atoms with E-state index < -0.39 is 5.66 Å². The van der Waals surface area contributed by atoms with Crippen molar-refractivity contribution >= 4 is 22.5 Å². The Morgan fingerprint density at radius 2 is 1.80 bits per heavy atom. The molecule has 4 rings (SSSR count). The SMILES string of the molecule is CC1(C)N[C@@H](Cc2c[nH]c3ccccc23)C(=O)N1Nc1ccccc1. The second-order valence-corrected chi connectivity index (χ2v) is 6.97. The highest BCUT2D eigenvalue weighted by Gasteiger charge is 2.44. The second-order valence-electron chi connectivity index (χ2n) is 6.97. The summed E-state index contributed by atoms with van der Waals surface area (Å²) in [4.78, 5) is 16.3. The van der Waals surface area contributed by atoms with Gasteiger partial charge in [-0.05, 0) is 44.0 Å². The molecule has 1 aliphatic rings. The minimum atomic E-state index is -0.469. The number of carbonyl (C=O) groups is 1. The zero-order valence-electron chi connectivity index (χ0n) is 14.4. The van der Waals surface area contributed by atoms with E-state index in [4.69, 9.17) is 0 Å². The van der Waals surface area contributed by atoms with Crippen molar-refractivity contribution < 1.29 is 4.79 Å². The minimum Gasteiger partial charge on any atom is -0.361 e. The number of nitrogens with zero attached hydrogens (tertiary/aromatic N) is 1. The highest BCUT2D eigenvalue weighted by atomic mass is 16.2. The second kappa shape index (κ2) is 5.93. The van der Waals surface area contributed by atoms with Gasteiger partial charge >= 0.3 is 0 Å². The number of H-pyrrole nitrogens is 1. The van der Waals surface area contributed by atoms with Gasteiger partial charge in [-0.25, -0.2) is 5.01 Å². The molecule has 1 aromatic heterocycles. The van der Waals surface area contributed by atoms with Gasteiger partial charge < -0.3 is 4.98 Å². The highest BCUT2D eigenvalue weighted by Crippen LogP contribution is 2.26. The van der Waals surface area contributed by atoms with Gasteiger partial charge in [0.15, 0.2) is 0 Å². The maximum atomic E-state index is 13.0. The maximum Gasteiger partial charge on any atom is 0.260 e. The van der Waals surface area contributed by atoms with E-state index in [0.29, 0.717) is 6.42 Å². The van der Waals surface area contributed by atoms with Crippen molar-refractivity contribution in [2.75, 3.05) is 5.43 Å². The predicted octanol–water partition coefficient (Wildman–Crippen LogP) is 3.27. The smallest absolute Gasteiger partial charge is 0.260 e. The molecule has 1 aliphatic heterocycles. The maximum absolute atomic E-state index is 13.0. The van der Waals surface area contributed by atoms with Gasteiger partial charge in [0.1, 0.15) is 5.66 Å². The van der Waals surface area contributed by atoms with E-state index in [9.17, 15) is 4.79 Å². The molecule has 0 unspecified atom stereocenters. The van der Waals surface area contributed by atoms with Crippen LogP contribution >= 0.6 is 0 Å². The molecule has 0 radical (unpaired) electrons. The fraction of sp³-hybridized carbons (Fsp3) is 0.250. The van der Waals surface area contributed by atoms with Crippen LogP contribution in [0.15, 0.2) is 60.8 Å². The largest absolute Gasteiger partial charge is 0.361 e. The Hall–Kier alpha value is -2.79. The number of aromatic amines is 1. The van der Waals surface area contributed by atoms with Crippen LogP contribution in [0.25, 0.3) is 10.9 Å². The van der Waals surface area contributed by atoms with E-state index in [2.05, 4.69) is 27.9 Å². The fourth-order valence-corrected chi connectivity index (χ4v) is 3.48. The van der Waals surface area contributed by atoms with Gasteiger partial charge in [0.05, 0.1) is 11.7 Å². The lowest BCUT2D eigenvalue weighted by Crippen LogP contribution is -2.50. The van der Waals surface area contributed by atoms with Gasteiger partial charge in [-0.3, -0.25) is 15.5 Å². The van der Waals surface area contributed by atoms with Crippen molar-refractivity contribution in [3.63, 3.8) is 0 Å². The Bertz CT molecular complexity index is 900. The average Bonchev–Trinajstić information content (AvgIpc) is 3.10. The van der Waals surface area contributed by atoms with Crippen LogP contribution in [0.3, 0.4) is 0 Å². The first-order valence-electron chi connectivity index (χ1n) is 8.53. The number of amides is 1. The number of hydrazine groups is 1. The Kier molecular flexibility index (Phi) is 3.73. The Morgan fingerprint density at radius 3 is 2.60 bits per heavy atom. The third kappa shape index (κ3) is 2.87. The Balaban J connectivity index is 1.56. The van der Waals surface area contributed by atoms with Crippen LogP contribution in [0.1, 0.15) is 19.4 Å². The third-order valence-corrected chi connectivity index (χ3v) is 4.72. The summed E-state index contributed by atoms with van der Waals surface area (Å²) in [5.41, 5.74) is 5.92. The van der Waals surface area contributed by atoms with Gasteiger partial charge in [0.25, 0.3) is 5.91 Å². The van der Waals surface area contributed by atoms with E-state index >= 15 is 0 Å². The number of benzene rings is 2. The first-order valence-corrected chi connectivity index (χ1v) is 8.53. The molecule has 5 heteroatoms. The Labute approximate surface area is 147 Å². The van der Waals surface area contributed by atoms with Crippen LogP contribution in [0.2, 0.25) is 0 Å². The first-order chi connectivity index (χ1) is 12.0. The zero-order chi connectivity index (χ0) is 17.4. The van der Waals surface area contributed by atoms with Crippen molar-refractivity contribution in [3.05, 3.63) is 66.4 Å². The molecule has 1 amide bonds. The molecule has 25 heavy (non-hydrogen) atoms. The van der Waals surface area contributed by atoms with Crippen molar-refractivity contribution in [1.29, 1.82) is 0 Å². The summed E-state index contributed by atoms with van der Waals surface area (Å²) in [6.45, 7) is 4.02. The number of hydrogen-bond acceptors (Lipinski definition) is 3. The topological polar surface area (TPSA) is 60.2 Å². The van der Waals surface area contributed by atoms with Crippen LogP contribution in [0, 0.1) is 0 Å². The summed E-state index contributed by atoms with van der Waals surface area (Å²) in [5, 5.41) is 6.32. The molecule has 128 valence electrons. The monoisotopic (exact) mass is 334 g/mol. The summed E-state index contributed by atoms with van der Waals surface area (Å²) in [7, 11) is 0. The summed E-state index contributed by atoms with van der Waals surface area (Å²) >= 11 is 0. The van der Waals surface area contributed by atoms with E-state index in [-0.39, 0.29) is 11.9 Å². The van der Waals surface area contributed by atoms with Gasteiger partial charge in [-0.1, -0.05) is 36.4 Å². The number of aromatic nitrogens is 1. The molecule has 1 fully saturated rings. The lowest BCUT2D eigenvalue weighted by Gasteiger charge is -2.31. The van der Waals surface area contributed by atoms with Gasteiger partial charge in [0, 0.05) is 17.1 Å². The number of anilines is 1. The molecule has 2 heterocycles. The van der Waals surface area contributed by atoms with E-state index in [1.54, 1.807) is 5.01 Å². The van der Waals surface area contributed by atoms with Gasteiger partial charge in [0.2, 0.25) is 0 Å². The molecule has 3 N–H and O–H groups in total. The van der Waals surface area contributed by atoms with E-state index in [1.165, 1.54) is 5.39 Å². The fourth-order valence-electron chi connectivity index (χ4n) is 3.48. The van der Waals surface area contributed by atoms with Crippen molar-refractivity contribution in [3.8, 4) is 0 Å². The number of para-hydroxylation sites is 2. The zero-order valence-corrected chi connectivity index (χ0v) is 14.4. The molecule has 1 atom stereocenters. The predicted molar refractivity (Wildman–Crippen MR) is 99.9 cm³/mol. The summed E-state index contributed by atoms with van der Waals surface area (Å²) in [5.74, 6) is 0.0548. The number of hydrogen-bond donors (Lipinski definition) is 3. The normalized spacial score (nSPS) is 19.5. The molecule has 5 nitrogen and oxygen atoms in total. The number of fused-ring (bicyclic) bond motifs is 1.